The second kappa shape index (κ2) is 6.60. The topological polar surface area (TPSA) is 60.9 Å². The maximum absolute atomic E-state index is 12.6. The van der Waals surface area contributed by atoms with Gasteiger partial charge in [0.15, 0.2) is 0 Å². The molecule has 2 aliphatic rings. The molecule has 1 atom stereocenters. The third kappa shape index (κ3) is 3.33. The van der Waals surface area contributed by atoms with E-state index in [4.69, 9.17) is 0 Å². The second-order valence-corrected chi connectivity index (χ2v) is 6.60. The Kier molecular flexibility index (Phi) is 4.55. The fourth-order valence-corrected chi connectivity index (χ4v) is 3.66. The Morgan fingerprint density at radius 1 is 1.17 bits per heavy atom. The SMILES string of the molecule is C[C@@H](C(=O)N1CCN(C2CCCC2)C(=O)C1)c1ccc(O)cc1. The Morgan fingerprint density at radius 2 is 1.83 bits per heavy atom. The number of carbonyl (C=O) groups excluding carboxylic acids is 2. The van der Waals surface area contributed by atoms with Crippen molar-refractivity contribution in [2.75, 3.05) is 19.6 Å². The number of benzene rings is 1. The molecule has 124 valence electrons. The summed E-state index contributed by atoms with van der Waals surface area (Å²) in [6.45, 7) is 3.31. The van der Waals surface area contributed by atoms with Crippen LogP contribution in [0.3, 0.4) is 0 Å². The smallest absolute Gasteiger partial charge is 0.242 e. The monoisotopic (exact) mass is 316 g/mol. The molecule has 1 saturated carbocycles. The third-order valence-electron chi connectivity index (χ3n) is 5.10. The highest BCUT2D eigenvalue weighted by atomic mass is 16.3. The number of nitrogens with zero attached hydrogens (tertiary/aromatic N) is 2. The summed E-state index contributed by atoms with van der Waals surface area (Å²) in [6, 6.07) is 7.07. The number of carbonyl (C=O) groups is 2. The molecular weight excluding hydrogens is 292 g/mol. The van der Waals surface area contributed by atoms with Crippen LogP contribution in [0.5, 0.6) is 5.75 Å². The van der Waals surface area contributed by atoms with Crippen LogP contribution >= 0.6 is 0 Å². The van der Waals surface area contributed by atoms with Crippen molar-refractivity contribution in [3.63, 3.8) is 0 Å². The maximum Gasteiger partial charge on any atom is 0.242 e. The highest BCUT2D eigenvalue weighted by Gasteiger charge is 2.34. The zero-order valence-corrected chi connectivity index (χ0v) is 13.6. The first-order chi connectivity index (χ1) is 11.1. The summed E-state index contributed by atoms with van der Waals surface area (Å²) in [5, 5.41) is 9.35. The number of piperazine rings is 1. The summed E-state index contributed by atoms with van der Waals surface area (Å²) in [4.78, 5) is 28.7. The third-order valence-corrected chi connectivity index (χ3v) is 5.10. The molecular formula is C18H24N2O3. The molecule has 0 unspecified atom stereocenters. The van der Waals surface area contributed by atoms with E-state index in [2.05, 4.69) is 0 Å². The molecule has 5 heteroatoms. The van der Waals surface area contributed by atoms with E-state index in [0.717, 1.165) is 18.4 Å². The predicted molar refractivity (Wildman–Crippen MR) is 87.1 cm³/mol. The lowest BCUT2D eigenvalue weighted by Crippen LogP contribution is -2.55. The van der Waals surface area contributed by atoms with Gasteiger partial charge in [-0.1, -0.05) is 25.0 Å². The van der Waals surface area contributed by atoms with Gasteiger partial charge in [0, 0.05) is 19.1 Å². The van der Waals surface area contributed by atoms with Gasteiger partial charge in [0.05, 0.1) is 12.5 Å². The first-order valence-corrected chi connectivity index (χ1v) is 8.43. The molecule has 0 radical (unpaired) electrons. The van der Waals surface area contributed by atoms with E-state index in [1.54, 1.807) is 29.2 Å². The molecule has 1 aromatic rings. The van der Waals surface area contributed by atoms with Crippen molar-refractivity contribution < 1.29 is 14.7 Å². The molecule has 0 aromatic heterocycles. The van der Waals surface area contributed by atoms with Gasteiger partial charge >= 0.3 is 0 Å². The molecule has 1 aromatic carbocycles. The molecule has 2 amide bonds. The first-order valence-electron chi connectivity index (χ1n) is 8.43. The summed E-state index contributed by atoms with van der Waals surface area (Å²) in [5.41, 5.74) is 0.860. The average molecular weight is 316 g/mol. The second-order valence-electron chi connectivity index (χ2n) is 6.60. The van der Waals surface area contributed by atoms with Crippen molar-refractivity contribution in [3.05, 3.63) is 29.8 Å². The Hall–Kier alpha value is -2.04. The minimum Gasteiger partial charge on any atom is -0.508 e. The quantitative estimate of drug-likeness (QED) is 0.929. The molecule has 1 aliphatic carbocycles. The van der Waals surface area contributed by atoms with Crippen molar-refractivity contribution in [2.24, 2.45) is 0 Å². The van der Waals surface area contributed by atoms with Crippen molar-refractivity contribution in [1.82, 2.24) is 9.80 Å². The number of phenolic OH excluding ortho intramolecular Hbond substituents is 1. The number of hydrogen-bond donors (Lipinski definition) is 1. The standard InChI is InChI=1S/C18H24N2O3/c1-13(14-6-8-16(21)9-7-14)18(23)19-10-11-20(17(22)12-19)15-4-2-3-5-15/h6-9,13,15,21H,2-5,10-12H2,1H3/t13-/m1/s1. The van der Waals surface area contributed by atoms with Crippen molar-refractivity contribution in [2.45, 2.75) is 44.6 Å². The molecule has 1 saturated heterocycles. The fraction of sp³-hybridized carbons (Fsp3) is 0.556. The van der Waals surface area contributed by atoms with Crippen LogP contribution in [0.25, 0.3) is 0 Å². The van der Waals surface area contributed by atoms with E-state index in [1.807, 2.05) is 11.8 Å². The highest BCUT2D eigenvalue weighted by Crippen LogP contribution is 2.26. The van der Waals surface area contributed by atoms with Crippen LogP contribution in [0.4, 0.5) is 0 Å². The number of aromatic hydroxyl groups is 1. The van der Waals surface area contributed by atoms with Gasteiger partial charge in [-0.25, -0.2) is 0 Å². The zero-order chi connectivity index (χ0) is 16.4. The summed E-state index contributed by atoms with van der Waals surface area (Å²) in [5.74, 6) is -0.0558. The summed E-state index contributed by atoms with van der Waals surface area (Å²) in [7, 11) is 0. The Balaban J connectivity index is 1.62. The fourth-order valence-electron chi connectivity index (χ4n) is 3.66. The normalized spacial score (nSPS) is 20.8. The van der Waals surface area contributed by atoms with Crippen molar-refractivity contribution in [1.29, 1.82) is 0 Å². The van der Waals surface area contributed by atoms with Gasteiger partial charge in [0.2, 0.25) is 11.8 Å². The minimum absolute atomic E-state index is 0.0184. The van der Waals surface area contributed by atoms with Crippen LogP contribution in [-0.2, 0) is 9.59 Å². The summed E-state index contributed by atoms with van der Waals surface area (Å²) in [6.07, 6.45) is 4.61. The Labute approximate surface area is 136 Å². The molecule has 0 bridgehead atoms. The highest BCUT2D eigenvalue weighted by molar-refractivity contribution is 5.89. The largest absolute Gasteiger partial charge is 0.508 e. The van der Waals surface area contributed by atoms with Gasteiger partial charge in [-0.3, -0.25) is 9.59 Å². The zero-order valence-electron chi connectivity index (χ0n) is 13.6. The number of rotatable bonds is 3. The molecule has 3 rings (SSSR count). The van der Waals surface area contributed by atoms with Gasteiger partial charge < -0.3 is 14.9 Å². The van der Waals surface area contributed by atoms with Crippen LogP contribution < -0.4 is 0 Å². The first kappa shape index (κ1) is 15.8. The van der Waals surface area contributed by atoms with Gasteiger partial charge in [0.1, 0.15) is 5.75 Å². The van der Waals surface area contributed by atoms with Crippen molar-refractivity contribution >= 4 is 11.8 Å². The van der Waals surface area contributed by atoms with E-state index >= 15 is 0 Å². The van der Waals surface area contributed by atoms with Crippen LogP contribution in [0, 0.1) is 0 Å². The Bertz CT molecular complexity index is 578. The predicted octanol–water partition coefficient (Wildman–Crippen LogP) is 2.11. The summed E-state index contributed by atoms with van der Waals surface area (Å²) >= 11 is 0. The molecule has 23 heavy (non-hydrogen) atoms. The minimum atomic E-state index is -0.304. The van der Waals surface area contributed by atoms with Gasteiger partial charge in [-0.15, -0.1) is 0 Å². The Morgan fingerprint density at radius 3 is 2.43 bits per heavy atom. The van der Waals surface area contributed by atoms with Crippen LogP contribution in [0.15, 0.2) is 24.3 Å². The van der Waals surface area contributed by atoms with E-state index in [-0.39, 0.29) is 30.0 Å². The van der Waals surface area contributed by atoms with E-state index < -0.39 is 0 Å². The molecule has 1 aliphatic heterocycles. The van der Waals surface area contributed by atoms with Crippen LogP contribution in [-0.4, -0.2) is 52.4 Å². The number of hydrogen-bond acceptors (Lipinski definition) is 3. The van der Waals surface area contributed by atoms with E-state index in [9.17, 15) is 14.7 Å². The lowest BCUT2D eigenvalue weighted by molar-refractivity contribution is -0.147. The number of amides is 2. The average Bonchev–Trinajstić information content (AvgIpc) is 3.08. The molecule has 2 fully saturated rings. The molecule has 0 spiro atoms. The molecule has 1 heterocycles. The van der Waals surface area contributed by atoms with Gasteiger partial charge in [-0.2, -0.15) is 0 Å². The lowest BCUT2D eigenvalue weighted by Gasteiger charge is -2.38. The van der Waals surface area contributed by atoms with E-state index in [1.165, 1.54) is 12.8 Å². The lowest BCUT2D eigenvalue weighted by atomic mass is 9.99. The number of phenols is 1. The summed E-state index contributed by atoms with van der Waals surface area (Å²) < 4.78 is 0. The van der Waals surface area contributed by atoms with Gasteiger partial charge in [0.25, 0.3) is 0 Å². The molecule has 5 nitrogen and oxygen atoms in total. The molecule has 1 N–H and O–H groups in total. The van der Waals surface area contributed by atoms with Gasteiger partial charge in [-0.05, 0) is 37.5 Å². The van der Waals surface area contributed by atoms with Crippen LogP contribution in [0.2, 0.25) is 0 Å². The van der Waals surface area contributed by atoms with Crippen LogP contribution in [0.1, 0.15) is 44.1 Å². The van der Waals surface area contributed by atoms with Crippen molar-refractivity contribution in [3.8, 4) is 5.75 Å². The van der Waals surface area contributed by atoms with E-state index in [0.29, 0.717) is 19.1 Å². The maximum atomic E-state index is 12.6.